The molecule has 1 N–H and O–H groups in total. The van der Waals surface area contributed by atoms with Crippen LogP contribution in [0.5, 0.6) is 0 Å². The largest absolute Gasteiger partial charge is 0.378 e. The average molecular weight is 371 g/mol. The van der Waals surface area contributed by atoms with Crippen LogP contribution < -0.4 is 5.32 Å². The molecule has 4 nitrogen and oxygen atoms in total. The van der Waals surface area contributed by atoms with Crippen molar-refractivity contribution < 1.29 is 4.92 Å². The zero-order valence-electron chi connectivity index (χ0n) is 12.3. The lowest BCUT2D eigenvalue weighted by atomic mass is 9.77. The summed E-state index contributed by atoms with van der Waals surface area (Å²) in [5.74, 6) is 0.603. The maximum absolute atomic E-state index is 11.1. The predicted molar refractivity (Wildman–Crippen MR) is 93.6 cm³/mol. The molecule has 0 saturated carbocycles. The van der Waals surface area contributed by atoms with Gasteiger partial charge in [-0.2, -0.15) is 0 Å². The van der Waals surface area contributed by atoms with Gasteiger partial charge in [0.15, 0.2) is 0 Å². The Morgan fingerprint density at radius 3 is 2.78 bits per heavy atom. The van der Waals surface area contributed by atoms with Gasteiger partial charge in [0.25, 0.3) is 5.69 Å². The van der Waals surface area contributed by atoms with Gasteiger partial charge in [0.2, 0.25) is 0 Å². The third kappa shape index (κ3) is 2.36. The van der Waals surface area contributed by atoms with E-state index in [0.717, 1.165) is 22.1 Å². The smallest absolute Gasteiger partial charge is 0.269 e. The first-order chi connectivity index (χ1) is 11.1. The van der Waals surface area contributed by atoms with E-state index in [9.17, 15) is 10.1 Å². The van der Waals surface area contributed by atoms with Crippen LogP contribution in [0.1, 0.15) is 29.5 Å². The molecule has 23 heavy (non-hydrogen) atoms. The summed E-state index contributed by atoms with van der Waals surface area (Å²) in [5.41, 5.74) is 3.41. The van der Waals surface area contributed by atoms with E-state index in [2.05, 4.69) is 45.5 Å². The number of allylic oxidation sites excluding steroid dienone is 2. The van der Waals surface area contributed by atoms with Crippen molar-refractivity contribution in [3.8, 4) is 0 Å². The van der Waals surface area contributed by atoms with E-state index < -0.39 is 0 Å². The van der Waals surface area contributed by atoms with Crippen LogP contribution in [0, 0.1) is 16.0 Å². The number of nitrogens with one attached hydrogen (secondary N) is 1. The first-order valence-electron chi connectivity index (χ1n) is 7.61. The van der Waals surface area contributed by atoms with Gasteiger partial charge in [-0.3, -0.25) is 10.1 Å². The number of nitrogens with zero attached hydrogens (tertiary/aromatic N) is 1. The topological polar surface area (TPSA) is 55.2 Å². The zero-order chi connectivity index (χ0) is 16.0. The highest BCUT2D eigenvalue weighted by Crippen LogP contribution is 2.51. The first kappa shape index (κ1) is 14.5. The first-order valence-corrected chi connectivity index (χ1v) is 8.40. The van der Waals surface area contributed by atoms with Crippen molar-refractivity contribution in [1.82, 2.24) is 0 Å². The van der Waals surface area contributed by atoms with Gasteiger partial charge in [-0.05, 0) is 35.6 Å². The summed E-state index contributed by atoms with van der Waals surface area (Å²) in [6, 6.07) is 13.6. The standard InChI is InChI=1S/C18H15BrN2O2/c19-16-7-2-1-4-14(16)18-13-6-3-5-12(13)15-10-11(21(22)23)8-9-17(15)20-18/h1-5,7-10,12-13,18,20H,6H2/t12-,13+,18-/m1/s1. The molecule has 0 saturated heterocycles. The van der Waals surface area contributed by atoms with E-state index in [0.29, 0.717) is 5.92 Å². The Hall–Kier alpha value is -2.14. The molecule has 0 amide bonds. The quantitative estimate of drug-likeness (QED) is 0.449. The van der Waals surface area contributed by atoms with E-state index in [1.165, 1.54) is 5.56 Å². The molecule has 2 aliphatic rings. The van der Waals surface area contributed by atoms with E-state index >= 15 is 0 Å². The second-order valence-corrected chi connectivity index (χ2v) is 6.88. The molecule has 1 aliphatic heterocycles. The van der Waals surface area contributed by atoms with E-state index in [4.69, 9.17) is 0 Å². The lowest BCUT2D eigenvalue weighted by Crippen LogP contribution is -2.29. The summed E-state index contributed by atoms with van der Waals surface area (Å²) in [7, 11) is 0. The molecule has 5 heteroatoms. The average Bonchev–Trinajstić information content (AvgIpc) is 3.04. The second-order valence-electron chi connectivity index (χ2n) is 6.03. The van der Waals surface area contributed by atoms with Crippen molar-refractivity contribution in [2.75, 3.05) is 5.32 Å². The molecule has 2 aromatic carbocycles. The molecule has 0 aromatic heterocycles. The van der Waals surface area contributed by atoms with Gasteiger partial charge in [-0.25, -0.2) is 0 Å². The molecular weight excluding hydrogens is 356 g/mol. The molecule has 0 bridgehead atoms. The van der Waals surface area contributed by atoms with Crippen LogP contribution in [0.2, 0.25) is 0 Å². The molecule has 2 aromatic rings. The molecule has 1 aliphatic carbocycles. The highest BCUT2D eigenvalue weighted by atomic mass is 79.9. The van der Waals surface area contributed by atoms with Crippen molar-refractivity contribution in [2.24, 2.45) is 5.92 Å². The number of nitro benzene ring substituents is 1. The van der Waals surface area contributed by atoms with Gasteiger partial charge >= 0.3 is 0 Å². The van der Waals surface area contributed by atoms with Gasteiger partial charge in [0.05, 0.1) is 11.0 Å². The molecule has 0 radical (unpaired) electrons. The minimum atomic E-state index is -0.326. The normalized spacial score (nSPS) is 24.7. The minimum absolute atomic E-state index is 0.156. The fourth-order valence-electron chi connectivity index (χ4n) is 3.73. The van der Waals surface area contributed by atoms with E-state index in [1.54, 1.807) is 12.1 Å². The fourth-order valence-corrected chi connectivity index (χ4v) is 4.26. The molecule has 116 valence electrons. The van der Waals surface area contributed by atoms with E-state index in [-0.39, 0.29) is 22.6 Å². The van der Waals surface area contributed by atoms with Crippen molar-refractivity contribution in [2.45, 2.75) is 18.4 Å². The number of halogens is 1. The van der Waals surface area contributed by atoms with Crippen molar-refractivity contribution >= 4 is 27.3 Å². The number of hydrogen-bond acceptors (Lipinski definition) is 3. The number of benzene rings is 2. The van der Waals surface area contributed by atoms with Gasteiger partial charge < -0.3 is 5.32 Å². The Bertz CT molecular complexity index is 818. The van der Waals surface area contributed by atoms with Crippen LogP contribution in [0.15, 0.2) is 59.1 Å². The predicted octanol–water partition coefficient (Wildman–Crippen LogP) is 5.18. The monoisotopic (exact) mass is 370 g/mol. The number of non-ortho nitro benzene ring substituents is 1. The van der Waals surface area contributed by atoms with Crippen LogP contribution >= 0.6 is 15.9 Å². The van der Waals surface area contributed by atoms with Crippen molar-refractivity contribution in [3.05, 3.63) is 80.3 Å². The van der Waals surface area contributed by atoms with Crippen molar-refractivity contribution in [1.29, 1.82) is 0 Å². The van der Waals surface area contributed by atoms with Crippen LogP contribution in [0.25, 0.3) is 0 Å². The molecule has 4 rings (SSSR count). The third-order valence-corrected chi connectivity index (χ3v) is 5.52. The highest BCUT2D eigenvalue weighted by molar-refractivity contribution is 9.10. The summed E-state index contributed by atoms with van der Waals surface area (Å²) in [5, 5.41) is 14.7. The Kier molecular flexibility index (Phi) is 3.45. The number of rotatable bonds is 2. The SMILES string of the molecule is O=[N+]([O-])c1ccc2c(c1)[C@@H]1C=CC[C@@H]1[C@H](c1ccccc1Br)N2. The highest BCUT2D eigenvalue weighted by Gasteiger charge is 2.39. The minimum Gasteiger partial charge on any atom is -0.378 e. The van der Waals surface area contributed by atoms with Crippen LogP contribution in [-0.4, -0.2) is 4.92 Å². The summed E-state index contributed by atoms with van der Waals surface area (Å²) in [6.07, 6.45) is 5.36. The van der Waals surface area contributed by atoms with Gasteiger partial charge in [-0.1, -0.05) is 46.3 Å². The maximum atomic E-state index is 11.1. The molecule has 0 fully saturated rings. The molecule has 3 atom stereocenters. The lowest BCUT2D eigenvalue weighted by Gasteiger charge is -2.37. The molecule has 1 heterocycles. The zero-order valence-corrected chi connectivity index (χ0v) is 13.9. The van der Waals surface area contributed by atoms with Crippen molar-refractivity contribution in [3.63, 3.8) is 0 Å². The van der Waals surface area contributed by atoms with Gasteiger partial charge in [0, 0.05) is 28.2 Å². The van der Waals surface area contributed by atoms with Gasteiger partial charge in [0.1, 0.15) is 0 Å². The number of anilines is 1. The number of nitro groups is 1. The fraction of sp³-hybridized carbons (Fsp3) is 0.222. The Morgan fingerprint density at radius 1 is 1.17 bits per heavy atom. The lowest BCUT2D eigenvalue weighted by molar-refractivity contribution is -0.384. The van der Waals surface area contributed by atoms with Crippen LogP contribution in [0.3, 0.4) is 0 Å². The molecule has 0 spiro atoms. The van der Waals surface area contributed by atoms with Crippen LogP contribution in [0.4, 0.5) is 11.4 Å². The summed E-state index contributed by atoms with van der Waals surface area (Å²) in [4.78, 5) is 10.7. The summed E-state index contributed by atoms with van der Waals surface area (Å²) < 4.78 is 1.09. The maximum Gasteiger partial charge on any atom is 0.269 e. The third-order valence-electron chi connectivity index (χ3n) is 4.80. The second kappa shape index (κ2) is 5.49. The number of fused-ring (bicyclic) bond motifs is 3. The Morgan fingerprint density at radius 2 is 2.00 bits per heavy atom. The Balaban J connectivity index is 1.81. The van der Waals surface area contributed by atoms with E-state index in [1.807, 2.05) is 18.2 Å². The summed E-state index contributed by atoms with van der Waals surface area (Å²) >= 11 is 3.65. The Labute approximate surface area is 142 Å². The van der Waals surface area contributed by atoms with Gasteiger partial charge in [-0.15, -0.1) is 0 Å². The molecule has 0 unspecified atom stereocenters. The van der Waals surface area contributed by atoms with Crippen LogP contribution in [-0.2, 0) is 0 Å². The molecular formula is C18H15BrN2O2. The number of hydrogen-bond donors (Lipinski definition) is 1. The summed E-state index contributed by atoms with van der Waals surface area (Å²) in [6.45, 7) is 0.